The number of benzene rings is 2. The molecule has 3 heterocycles. The van der Waals surface area contributed by atoms with Crippen molar-refractivity contribution in [3.63, 3.8) is 0 Å². The second kappa shape index (κ2) is 6.32. The fraction of sp³-hybridized carbons (Fsp3) is 0.0455. The van der Waals surface area contributed by atoms with Crippen molar-refractivity contribution in [1.82, 2.24) is 4.98 Å². The number of hydrogen-bond donors (Lipinski definition) is 0. The Morgan fingerprint density at radius 1 is 0.929 bits per heavy atom. The van der Waals surface area contributed by atoms with E-state index in [2.05, 4.69) is 4.98 Å². The van der Waals surface area contributed by atoms with Gasteiger partial charge in [-0.05, 0) is 42.0 Å². The number of para-hydroxylation sites is 1. The number of pyridine rings is 1. The van der Waals surface area contributed by atoms with Gasteiger partial charge in [-0.25, -0.2) is 4.98 Å². The van der Waals surface area contributed by atoms with Crippen LogP contribution in [-0.2, 0) is 0 Å². The van der Waals surface area contributed by atoms with Crippen molar-refractivity contribution in [1.29, 1.82) is 0 Å². The molecule has 0 radical (unpaired) electrons. The molecule has 0 saturated heterocycles. The standard InChI is InChI=1S/C22H13ClN2O3/c23-14-10-8-13(9-11-14)19-18-20(26)15-5-1-2-6-16(15)28-21(18)22(27)25(19)17-7-3-4-12-24-17/h1-12,19H/t19-/m1/s1. The van der Waals surface area contributed by atoms with Crippen LogP contribution in [0.3, 0.4) is 0 Å². The number of rotatable bonds is 2. The summed E-state index contributed by atoms with van der Waals surface area (Å²) >= 11 is 6.04. The van der Waals surface area contributed by atoms with Crippen LogP contribution in [-0.4, -0.2) is 10.9 Å². The molecule has 0 aliphatic carbocycles. The van der Waals surface area contributed by atoms with Crippen LogP contribution in [0.4, 0.5) is 5.82 Å². The summed E-state index contributed by atoms with van der Waals surface area (Å²) in [6.45, 7) is 0. The topological polar surface area (TPSA) is 63.4 Å². The Bertz CT molecular complexity index is 1270. The molecule has 5 rings (SSSR count). The van der Waals surface area contributed by atoms with Crippen LogP contribution < -0.4 is 10.3 Å². The molecule has 0 unspecified atom stereocenters. The molecule has 4 aromatic rings. The van der Waals surface area contributed by atoms with E-state index in [4.69, 9.17) is 16.0 Å². The molecule has 2 aromatic heterocycles. The summed E-state index contributed by atoms with van der Waals surface area (Å²) in [5.74, 6) is 0.105. The molecule has 1 atom stereocenters. The lowest BCUT2D eigenvalue weighted by Gasteiger charge is -2.24. The number of anilines is 1. The van der Waals surface area contributed by atoms with E-state index in [0.717, 1.165) is 5.56 Å². The monoisotopic (exact) mass is 388 g/mol. The fourth-order valence-electron chi connectivity index (χ4n) is 3.61. The Morgan fingerprint density at radius 2 is 1.68 bits per heavy atom. The molecule has 2 aromatic carbocycles. The smallest absolute Gasteiger partial charge is 0.296 e. The molecule has 28 heavy (non-hydrogen) atoms. The van der Waals surface area contributed by atoms with E-state index in [1.807, 2.05) is 0 Å². The van der Waals surface area contributed by atoms with E-state index in [0.29, 0.717) is 27.4 Å². The van der Waals surface area contributed by atoms with Crippen molar-refractivity contribution in [2.24, 2.45) is 0 Å². The lowest BCUT2D eigenvalue weighted by Crippen LogP contribution is -2.30. The molecule has 0 N–H and O–H groups in total. The number of aromatic nitrogens is 1. The highest BCUT2D eigenvalue weighted by Gasteiger charge is 2.44. The highest BCUT2D eigenvalue weighted by Crippen LogP contribution is 2.40. The normalized spacial score (nSPS) is 15.8. The van der Waals surface area contributed by atoms with Crippen molar-refractivity contribution >= 4 is 34.3 Å². The lowest BCUT2D eigenvalue weighted by atomic mass is 9.98. The minimum Gasteiger partial charge on any atom is -0.450 e. The number of carbonyl (C=O) groups excluding carboxylic acids is 1. The van der Waals surface area contributed by atoms with Gasteiger partial charge in [0.15, 0.2) is 5.43 Å². The van der Waals surface area contributed by atoms with Crippen LogP contribution in [0.15, 0.2) is 82.1 Å². The van der Waals surface area contributed by atoms with Crippen molar-refractivity contribution in [3.05, 3.63) is 105 Å². The summed E-state index contributed by atoms with van der Waals surface area (Å²) in [6, 6.07) is 18.7. The summed E-state index contributed by atoms with van der Waals surface area (Å²) < 4.78 is 5.88. The molecule has 6 heteroatoms. The third-order valence-electron chi connectivity index (χ3n) is 4.86. The lowest BCUT2D eigenvalue weighted by molar-refractivity contribution is 0.0970. The van der Waals surface area contributed by atoms with Gasteiger partial charge in [-0.3, -0.25) is 14.5 Å². The van der Waals surface area contributed by atoms with Gasteiger partial charge >= 0.3 is 0 Å². The molecule has 1 aliphatic heterocycles. The summed E-state index contributed by atoms with van der Waals surface area (Å²) in [5, 5.41) is 1.01. The van der Waals surface area contributed by atoms with E-state index >= 15 is 0 Å². The first-order valence-corrected chi connectivity index (χ1v) is 9.09. The van der Waals surface area contributed by atoms with Crippen molar-refractivity contribution < 1.29 is 9.21 Å². The van der Waals surface area contributed by atoms with Crippen LogP contribution in [0, 0.1) is 0 Å². The van der Waals surface area contributed by atoms with E-state index in [1.54, 1.807) is 72.9 Å². The maximum Gasteiger partial charge on any atom is 0.296 e. The van der Waals surface area contributed by atoms with Crippen LogP contribution >= 0.6 is 11.6 Å². The Hall–Kier alpha value is -3.44. The summed E-state index contributed by atoms with van der Waals surface area (Å²) in [4.78, 5) is 32.4. The number of halogens is 1. The molecule has 1 amide bonds. The molecular weight excluding hydrogens is 376 g/mol. The first-order valence-electron chi connectivity index (χ1n) is 8.71. The molecule has 0 bridgehead atoms. The second-order valence-electron chi connectivity index (χ2n) is 6.49. The highest BCUT2D eigenvalue weighted by atomic mass is 35.5. The summed E-state index contributed by atoms with van der Waals surface area (Å²) in [6.07, 6.45) is 1.61. The van der Waals surface area contributed by atoms with Gasteiger partial charge in [0.1, 0.15) is 11.4 Å². The van der Waals surface area contributed by atoms with Gasteiger partial charge in [0.2, 0.25) is 5.76 Å². The summed E-state index contributed by atoms with van der Waals surface area (Å²) in [5.41, 5.74) is 1.24. The van der Waals surface area contributed by atoms with Crippen molar-refractivity contribution in [2.45, 2.75) is 6.04 Å². The number of amides is 1. The predicted molar refractivity (Wildman–Crippen MR) is 107 cm³/mol. The van der Waals surface area contributed by atoms with Gasteiger partial charge < -0.3 is 4.42 Å². The van der Waals surface area contributed by atoms with E-state index in [1.165, 1.54) is 4.90 Å². The van der Waals surface area contributed by atoms with Crippen LogP contribution in [0.5, 0.6) is 0 Å². The van der Waals surface area contributed by atoms with Crippen molar-refractivity contribution in [2.75, 3.05) is 4.90 Å². The fourth-order valence-corrected chi connectivity index (χ4v) is 3.74. The van der Waals surface area contributed by atoms with E-state index in [9.17, 15) is 9.59 Å². The third-order valence-corrected chi connectivity index (χ3v) is 5.11. The third kappa shape index (κ3) is 2.44. The predicted octanol–water partition coefficient (Wildman–Crippen LogP) is 4.59. The first-order chi connectivity index (χ1) is 13.6. The quantitative estimate of drug-likeness (QED) is 0.503. The summed E-state index contributed by atoms with van der Waals surface area (Å²) in [7, 11) is 0. The van der Waals surface area contributed by atoms with Gasteiger partial charge in [-0.1, -0.05) is 41.9 Å². The molecule has 1 aliphatic rings. The van der Waals surface area contributed by atoms with Crippen LogP contribution in [0.25, 0.3) is 11.0 Å². The first kappa shape index (κ1) is 16.7. The molecule has 5 nitrogen and oxygen atoms in total. The van der Waals surface area contributed by atoms with Gasteiger partial charge in [0.05, 0.1) is 17.0 Å². The zero-order chi connectivity index (χ0) is 19.3. The van der Waals surface area contributed by atoms with E-state index in [-0.39, 0.29) is 11.2 Å². The Morgan fingerprint density at radius 3 is 2.43 bits per heavy atom. The van der Waals surface area contributed by atoms with Gasteiger partial charge in [-0.2, -0.15) is 0 Å². The minimum atomic E-state index is -0.643. The molecule has 0 fully saturated rings. The highest BCUT2D eigenvalue weighted by molar-refractivity contribution is 6.30. The zero-order valence-electron chi connectivity index (χ0n) is 14.5. The Labute approximate surface area is 164 Å². The average Bonchev–Trinajstić information content (AvgIpc) is 3.02. The SMILES string of the molecule is O=C1c2oc3ccccc3c(=O)c2[C@@H](c2ccc(Cl)cc2)N1c1ccccn1. The second-order valence-corrected chi connectivity index (χ2v) is 6.92. The number of fused-ring (bicyclic) bond motifs is 2. The number of hydrogen-bond acceptors (Lipinski definition) is 4. The van der Waals surface area contributed by atoms with Gasteiger partial charge in [0.25, 0.3) is 5.91 Å². The van der Waals surface area contributed by atoms with Crippen molar-refractivity contribution in [3.8, 4) is 0 Å². The largest absolute Gasteiger partial charge is 0.450 e. The maximum atomic E-state index is 13.3. The number of carbonyl (C=O) groups is 1. The molecule has 0 spiro atoms. The van der Waals surface area contributed by atoms with Crippen LogP contribution in [0.1, 0.15) is 27.7 Å². The average molecular weight is 389 g/mol. The van der Waals surface area contributed by atoms with E-state index < -0.39 is 11.9 Å². The molecular formula is C22H13ClN2O3. The molecule has 136 valence electrons. The number of nitrogens with zero attached hydrogens (tertiary/aromatic N) is 2. The van der Waals surface area contributed by atoms with Gasteiger partial charge in [-0.15, -0.1) is 0 Å². The maximum absolute atomic E-state index is 13.3. The van der Waals surface area contributed by atoms with Crippen LogP contribution in [0.2, 0.25) is 5.02 Å². The minimum absolute atomic E-state index is 0.0503. The van der Waals surface area contributed by atoms with Gasteiger partial charge in [0, 0.05) is 11.2 Å². The zero-order valence-corrected chi connectivity index (χ0v) is 15.3. The Balaban J connectivity index is 1.83. The molecule has 0 saturated carbocycles. The Kier molecular flexibility index (Phi) is 3.77.